The van der Waals surface area contributed by atoms with Crippen LogP contribution in [0.4, 0.5) is 4.79 Å². The van der Waals surface area contributed by atoms with E-state index < -0.39 is 6.16 Å². The molecule has 0 amide bonds. The molecular weight excluding hydrogens is 423 g/mol. The monoisotopic (exact) mass is 472 g/mol. The third kappa shape index (κ3) is 17.5. The lowest BCUT2D eigenvalue weighted by Gasteiger charge is -2.30. The highest BCUT2D eigenvalue weighted by Gasteiger charge is 2.13. The maximum atomic E-state index is 11.6. The molecule has 0 radical (unpaired) electrons. The van der Waals surface area contributed by atoms with Gasteiger partial charge in [-0.3, -0.25) is 9.80 Å². The van der Waals surface area contributed by atoms with Crippen LogP contribution in [-0.4, -0.2) is 66.4 Å². The van der Waals surface area contributed by atoms with Crippen molar-refractivity contribution in [2.75, 3.05) is 26.3 Å². The molecule has 0 aliphatic heterocycles. The molecule has 5 nitrogen and oxygen atoms in total. The van der Waals surface area contributed by atoms with Gasteiger partial charge in [0, 0.05) is 24.2 Å². The van der Waals surface area contributed by atoms with Crippen molar-refractivity contribution in [2.24, 2.45) is 0 Å². The van der Waals surface area contributed by atoms with Gasteiger partial charge in [-0.05, 0) is 107 Å². The number of hydrogen-bond donors (Lipinski definition) is 0. The van der Waals surface area contributed by atoms with Gasteiger partial charge in [-0.1, -0.05) is 0 Å². The van der Waals surface area contributed by atoms with Crippen LogP contribution in [0.3, 0.4) is 0 Å². The van der Waals surface area contributed by atoms with E-state index in [0.717, 1.165) is 51.6 Å². The van der Waals surface area contributed by atoms with E-state index in [1.165, 1.54) is 0 Å². The SMILES string of the molecule is CC(C)N(CCCCCOC(=O)OCCCCCN(C(C)C)C(C)C)C(C)C.Cl.Cl. The van der Waals surface area contributed by atoms with Crippen molar-refractivity contribution in [3.8, 4) is 0 Å². The van der Waals surface area contributed by atoms with Gasteiger partial charge >= 0.3 is 6.16 Å². The zero-order valence-electron chi connectivity index (χ0n) is 20.8. The second kappa shape index (κ2) is 20.7. The lowest BCUT2D eigenvalue weighted by atomic mass is 10.2. The zero-order valence-corrected chi connectivity index (χ0v) is 22.4. The lowest BCUT2D eigenvalue weighted by molar-refractivity contribution is 0.0524. The Hall–Kier alpha value is -0.230. The summed E-state index contributed by atoms with van der Waals surface area (Å²) in [7, 11) is 0. The van der Waals surface area contributed by atoms with E-state index in [1.807, 2.05) is 0 Å². The first-order valence-electron chi connectivity index (χ1n) is 11.5. The first kappa shape index (κ1) is 34.4. The van der Waals surface area contributed by atoms with Crippen LogP contribution >= 0.6 is 24.8 Å². The van der Waals surface area contributed by atoms with Gasteiger partial charge in [0.15, 0.2) is 0 Å². The molecular formula is C23H50Cl2N2O3. The summed E-state index contributed by atoms with van der Waals surface area (Å²) in [5.41, 5.74) is 0. The van der Waals surface area contributed by atoms with Gasteiger partial charge in [0.25, 0.3) is 0 Å². The summed E-state index contributed by atoms with van der Waals surface area (Å²) in [5, 5.41) is 0. The van der Waals surface area contributed by atoms with Gasteiger partial charge in [-0.15, -0.1) is 24.8 Å². The third-order valence-electron chi connectivity index (χ3n) is 5.21. The second-order valence-electron chi connectivity index (χ2n) is 8.92. The Balaban J connectivity index is -0.00000364. The molecule has 0 aliphatic carbocycles. The number of nitrogens with zero attached hydrogens (tertiary/aromatic N) is 2. The summed E-state index contributed by atoms with van der Waals surface area (Å²) in [6.45, 7) is 21.0. The van der Waals surface area contributed by atoms with Gasteiger partial charge in [0.2, 0.25) is 0 Å². The van der Waals surface area contributed by atoms with E-state index in [0.29, 0.717) is 37.4 Å². The summed E-state index contributed by atoms with van der Waals surface area (Å²) in [5.74, 6) is 0. The van der Waals surface area contributed by atoms with E-state index in [4.69, 9.17) is 9.47 Å². The van der Waals surface area contributed by atoms with E-state index in [1.54, 1.807) is 0 Å². The summed E-state index contributed by atoms with van der Waals surface area (Å²) >= 11 is 0. The largest absolute Gasteiger partial charge is 0.508 e. The van der Waals surface area contributed by atoms with Crippen LogP contribution in [-0.2, 0) is 9.47 Å². The van der Waals surface area contributed by atoms with E-state index in [9.17, 15) is 4.79 Å². The average Bonchev–Trinajstić information content (AvgIpc) is 2.58. The fraction of sp³-hybridized carbons (Fsp3) is 0.957. The van der Waals surface area contributed by atoms with Crippen LogP contribution in [0.25, 0.3) is 0 Å². The van der Waals surface area contributed by atoms with Crippen LogP contribution < -0.4 is 0 Å². The van der Waals surface area contributed by atoms with E-state index in [-0.39, 0.29) is 24.8 Å². The Bertz CT molecular complexity index is 345. The topological polar surface area (TPSA) is 42.0 Å². The van der Waals surface area contributed by atoms with E-state index >= 15 is 0 Å². The highest BCUT2D eigenvalue weighted by molar-refractivity contribution is 5.85. The predicted molar refractivity (Wildman–Crippen MR) is 133 cm³/mol. The maximum Gasteiger partial charge on any atom is 0.508 e. The first-order chi connectivity index (χ1) is 13.2. The molecule has 0 fully saturated rings. The highest BCUT2D eigenvalue weighted by atomic mass is 35.5. The van der Waals surface area contributed by atoms with Crippen LogP contribution in [0.1, 0.15) is 93.9 Å². The molecule has 0 atom stereocenters. The van der Waals surface area contributed by atoms with Gasteiger partial charge in [-0.2, -0.15) is 0 Å². The molecule has 0 aromatic carbocycles. The fourth-order valence-corrected chi connectivity index (χ4v) is 3.72. The second-order valence-corrected chi connectivity index (χ2v) is 8.92. The molecule has 0 aromatic heterocycles. The van der Waals surface area contributed by atoms with Crippen molar-refractivity contribution in [2.45, 2.75) is 118 Å². The van der Waals surface area contributed by atoms with Gasteiger partial charge in [-0.25, -0.2) is 4.79 Å². The summed E-state index contributed by atoms with van der Waals surface area (Å²) < 4.78 is 10.3. The first-order valence-corrected chi connectivity index (χ1v) is 11.5. The zero-order chi connectivity index (χ0) is 21.5. The van der Waals surface area contributed by atoms with Gasteiger partial charge in [0.05, 0.1) is 13.2 Å². The Morgan fingerprint density at radius 2 is 0.867 bits per heavy atom. The predicted octanol–water partition coefficient (Wildman–Crippen LogP) is 6.56. The molecule has 184 valence electrons. The smallest absolute Gasteiger partial charge is 0.434 e. The van der Waals surface area contributed by atoms with Crippen molar-refractivity contribution in [1.29, 1.82) is 0 Å². The Kier molecular flexibility index (Phi) is 23.7. The van der Waals surface area contributed by atoms with Crippen molar-refractivity contribution in [1.82, 2.24) is 9.80 Å². The fourth-order valence-electron chi connectivity index (χ4n) is 3.72. The maximum absolute atomic E-state index is 11.6. The molecule has 0 saturated heterocycles. The Labute approximate surface area is 199 Å². The van der Waals surface area contributed by atoms with Crippen LogP contribution in [0.2, 0.25) is 0 Å². The molecule has 0 heterocycles. The Morgan fingerprint density at radius 3 is 1.13 bits per heavy atom. The number of carbonyl (C=O) groups is 1. The molecule has 0 aromatic rings. The minimum Gasteiger partial charge on any atom is -0.434 e. The molecule has 7 heteroatoms. The van der Waals surface area contributed by atoms with E-state index in [2.05, 4.69) is 65.2 Å². The summed E-state index contributed by atoms with van der Waals surface area (Å²) in [6.07, 6.45) is 5.71. The minimum atomic E-state index is -0.517. The minimum absolute atomic E-state index is 0. The third-order valence-corrected chi connectivity index (χ3v) is 5.21. The number of rotatable bonds is 16. The molecule has 0 aliphatic rings. The van der Waals surface area contributed by atoms with Crippen LogP contribution in [0.5, 0.6) is 0 Å². The number of carbonyl (C=O) groups excluding carboxylic acids is 1. The van der Waals surface area contributed by atoms with Crippen molar-refractivity contribution >= 4 is 31.0 Å². The number of unbranched alkanes of at least 4 members (excludes halogenated alkanes) is 4. The molecule has 30 heavy (non-hydrogen) atoms. The quantitative estimate of drug-likeness (QED) is 0.188. The highest BCUT2D eigenvalue weighted by Crippen LogP contribution is 2.09. The molecule has 0 bridgehead atoms. The van der Waals surface area contributed by atoms with Gasteiger partial charge in [0.1, 0.15) is 0 Å². The van der Waals surface area contributed by atoms with Crippen molar-refractivity contribution in [3.05, 3.63) is 0 Å². The Morgan fingerprint density at radius 1 is 0.567 bits per heavy atom. The summed E-state index contributed by atoms with van der Waals surface area (Å²) in [4.78, 5) is 16.6. The molecule has 0 rings (SSSR count). The molecule has 0 unspecified atom stereocenters. The van der Waals surface area contributed by atoms with Crippen LogP contribution in [0, 0.1) is 0 Å². The van der Waals surface area contributed by atoms with Gasteiger partial charge < -0.3 is 9.47 Å². The molecule has 0 N–H and O–H groups in total. The van der Waals surface area contributed by atoms with Crippen LogP contribution in [0.15, 0.2) is 0 Å². The number of ether oxygens (including phenoxy) is 2. The number of hydrogen-bond acceptors (Lipinski definition) is 5. The molecule has 0 saturated carbocycles. The standard InChI is InChI=1S/C23H48N2O3.2ClH/c1-19(2)24(20(3)4)15-11-9-13-17-27-23(26)28-18-14-10-12-16-25(21(5)6)22(7)8;;/h19-22H,9-18H2,1-8H3;2*1H. The normalized spacial score (nSPS) is 11.4. The lowest BCUT2D eigenvalue weighted by Crippen LogP contribution is -2.37. The van der Waals surface area contributed by atoms with Crippen molar-refractivity contribution < 1.29 is 14.3 Å². The average molecular weight is 474 g/mol. The van der Waals surface area contributed by atoms with Crippen molar-refractivity contribution in [3.63, 3.8) is 0 Å². The summed E-state index contributed by atoms with van der Waals surface area (Å²) in [6, 6.07) is 2.30. The molecule has 0 spiro atoms. The number of halogens is 2.